The van der Waals surface area contributed by atoms with Gasteiger partial charge in [-0.15, -0.1) is 11.3 Å². The molecule has 0 saturated carbocycles. The number of ether oxygens (including phenoxy) is 1. The molecule has 0 spiro atoms. The molecule has 2 heterocycles. The van der Waals surface area contributed by atoms with Crippen molar-refractivity contribution in [3.63, 3.8) is 0 Å². The van der Waals surface area contributed by atoms with E-state index in [2.05, 4.69) is 15.8 Å². The van der Waals surface area contributed by atoms with E-state index < -0.39 is 11.8 Å². The van der Waals surface area contributed by atoms with Crippen LogP contribution in [0, 0.1) is 0 Å². The Balaban J connectivity index is 1.68. The van der Waals surface area contributed by atoms with Gasteiger partial charge in [0.1, 0.15) is 0 Å². The summed E-state index contributed by atoms with van der Waals surface area (Å²) in [6.45, 7) is 1.08. The average Bonchev–Trinajstić information content (AvgIpc) is 3.08. The fraction of sp³-hybridized carbons (Fsp3) is 0.417. The van der Waals surface area contributed by atoms with Crippen LogP contribution in [0.3, 0.4) is 0 Å². The molecule has 0 unspecified atom stereocenters. The molecule has 7 heteroatoms. The summed E-state index contributed by atoms with van der Waals surface area (Å²) in [4.78, 5) is 23.7. The van der Waals surface area contributed by atoms with Gasteiger partial charge in [0, 0.05) is 18.0 Å². The molecule has 6 nitrogen and oxygen atoms in total. The van der Waals surface area contributed by atoms with Gasteiger partial charge in [-0.05, 0) is 24.3 Å². The lowest BCUT2D eigenvalue weighted by molar-refractivity contribution is -0.139. The number of thiophene rings is 1. The molecule has 1 aromatic heterocycles. The molecule has 1 aliphatic rings. The maximum absolute atomic E-state index is 11.4. The minimum absolute atomic E-state index is 0.0198. The van der Waals surface area contributed by atoms with Crippen molar-refractivity contribution in [1.82, 2.24) is 10.7 Å². The molecule has 1 fully saturated rings. The third-order valence-electron chi connectivity index (χ3n) is 2.62. The summed E-state index contributed by atoms with van der Waals surface area (Å²) < 4.78 is 5.34. The summed E-state index contributed by atoms with van der Waals surface area (Å²) in [5.41, 5.74) is 2.18. The minimum atomic E-state index is -0.772. The zero-order valence-corrected chi connectivity index (χ0v) is 11.1. The van der Waals surface area contributed by atoms with Crippen LogP contribution in [-0.2, 0) is 14.3 Å². The van der Waals surface area contributed by atoms with Crippen LogP contribution in [0.5, 0.6) is 0 Å². The van der Waals surface area contributed by atoms with Crippen molar-refractivity contribution in [3.8, 4) is 0 Å². The van der Waals surface area contributed by atoms with Crippen LogP contribution in [0.1, 0.15) is 17.7 Å². The lowest BCUT2D eigenvalue weighted by Crippen LogP contribution is -2.41. The van der Waals surface area contributed by atoms with Gasteiger partial charge in [-0.2, -0.15) is 5.10 Å². The van der Waals surface area contributed by atoms with Gasteiger partial charge in [-0.3, -0.25) is 9.59 Å². The van der Waals surface area contributed by atoms with Crippen LogP contribution in [-0.4, -0.2) is 37.3 Å². The van der Waals surface area contributed by atoms with Crippen LogP contribution >= 0.6 is 11.3 Å². The van der Waals surface area contributed by atoms with E-state index in [0.29, 0.717) is 6.54 Å². The summed E-state index contributed by atoms with van der Waals surface area (Å²) >= 11 is 1.49. The van der Waals surface area contributed by atoms with Crippen LogP contribution in [0.2, 0.25) is 0 Å². The summed E-state index contributed by atoms with van der Waals surface area (Å²) in [6, 6.07) is 3.74. The lowest BCUT2D eigenvalue weighted by atomic mass is 10.2. The molecule has 1 aliphatic heterocycles. The normalized spacial score (nSPS) is 18.6. The van der Waals surface area contributed by atoms with Gasteiger partial charge in [0.25, 0.3) is 0 Å². The first-order chi connectivity index (χ1) is 9.25. The second kappa shape index (κ2) is 7.01. The van der Waals surface area contributed by atoms with Crippen molar-refractivity contribution in [1.29, 1.82) is 0 Å². The highest BCUT2D eigenvalue weighted by Gasteiger charge is 2.18. The van der Waals surface area contributed by atoms with Gasteiger partial charge < -0.3 is 10.1 Å². The smallest absolute Gasteiger partial charge is 0.329 e. The molecule has 1 aromatic rings. The molecule has 2 amide bonds. The van der Waals surface area contributed by atoms with E-state index in [1.807, 2.05) is 17.5 Å². The number of nitrogens with one attached hydrogen (secondary N) is 2. The van der Waals surface area contributed by atoms with Crippen molar-refractivity contribution in [3.05, 3.63) is 22.4 Å². The van der Waals surface area contributed by atoms with Crippen molar-refractivity contribution in [2.75, 3.05) is 13.2 Å². The van der Waals surface area contributed by atoms with Crippen LogP contribution in [0.15, 0.2) is 22.6 Å². The standard InChI is InChI=1S/C12H15N3O3S/c16-11(13-7-9-3-1-5-18-9)12(17)15-14-8-10-4-2-6-19-10/h2,4,6,8-9H,1,3,5,7H2,(H,13,16)(H,15,17)/b14-8-/t9-/m1/s1. The predicted molar refractivity (Wildman–Crippen MR) is 72.0 cm³/mol. The van der Waals surface area contributed by atoms with Crippen LogP contribution in [0.25, 0.3) is 0 Å². The lowest BCUT2D eigenvalue weighted by Gasteiger charge is -2.09. The first kappa shape index (κ1) is 13.7. The van der Waals surface area contributed by atoms with Crippen LogP contribution in [0.4, 0.5) is 0 Å². The summed E-state index contributed by atoms with van der Waals surface area (Å²) in [5, 5.41) is 8.13. The van der Waals surface area contributed by atoms with Crippen molar-refractivity contribution < 1.29 is 14.3 Å². The van der Waals surface area contributed by atoms with Gasteiger partial charge in [0.05, 0.1) is 12.3 Å². The summed E-state index contributed by atoms with van der Waals surface area (Å²) in [5.74, 6) is -1.47. The molecular weight excluding hydrogens is 266 g/mol. The van der Waals surface area contributed by atoms with Gasteiger partial charge in [0.15, 0.2) is 0 Å². The van der Waals surface area contributed by atoms with Gasteiger partial charge in [-0.25, -0.2) is 5.43 Å². The summed E-state index contributed by atoms with van der Waals surface area (Å²) in [6.07, 6.45) is 3.43. The molecule has 1 atom stereocenters. The van der Waals surface area contributed by atoms with Crippen LogP contribution < -0.4 is 10.7 Å². The molecule has 0 radical (unpaired) electrons. The van der Waals surface area contributed by atoms with E-state index >= 15 is 0 Å². The van der Waals surface area contributed by atoms with E-state index in [4.69, 9.17) is 4.74 Å². The summed E-state index contributed by atoms with van der Waals surface area (Å²) in [7, 11) is 0. The molecule has 0 bridgehead atoms. The van der Waals surface area contributed by atoms with Crippen molar-refractivity contribution >= 4 is 29.4 Å². The number of hydrogen-bond donors (Lipinski definition) is 2. The Morgan fingerprint density at radius 1 is 1.53 bits per heavy atom. The Kier molecular flexibility index (Phi) is 5.05. The number of amides is 2. The molecule has 2 rings (SSSR count). The van der Waals surface area contributed by atoms with E-state index in [1.54, 1.807) is 0 Å². The number of hydrazone groups is 1. The Hall–Kier alpha value is -1.73. The molecule has 19 heavy (non-hydrogen) atoms. The minimum Gasteiger partial charge on any atom is -0.376 e. The number of rotatable bonds is 4. The highest BCUT2D eigenvalue weighted by Crippen LogP contribution is 2.10. The Labute approximate surface area is 114 Å². The number of nitrogens with zero attached hydrogens (tertiary/aromatic N) is 1. The monoisotopic (exact) mass is 281 g/mol. The molecular formula is C12H15N3O3S. The van der Waals surface area contributed by atoms with E-state index in [0.717, 1.165) is 24.3 Å². The Morgan fingerprint density at radius 2 is 2.42 bits per heavy atom. The van der Waals surface area contributed by atoms with E-state index in [9.17, 15) is 9.59 Å². The van der Waals surface area contributed by atoms with Gasteiger partial charge in [0.2, 0.25) is 0 Å². The van der Waals surface area contributed by atoms with Crippen molar-refractivity contribution in [2.24, 2.45) is 5.10 Å². The maximum Gasteiger partial charge on any atom is 0.329 e. The second-order valence-electron chi connectivity index (χ2n) is 4.06. The predicted octanol–water partition coefficient (Wildman–Crippen LogP) is 0.493. The molecule has 0 aromatic carbocycles. The molecule has 102 valence electrons. The van der Waals surface area contributed by atoms with Gasteiger partial charge >= 0.3 is 11.8 Å². The largest absolute Gasteiger partial charge is 0.376 e. The third kappa shape index (κ3) is 4.46. The highest BCUT2D eigenvalue weighted by atomic mass is 32.1. The number of hydrogen-bond acceptors (Lipinski definition) is 5. The van der Waals surface area contributed by atoms with E-state index in [-0.39, 0.29) is 6.10 Å². The molecule has 0 aliphatic carbocycles. The fourth-order valence-electron chi connectivity index (χ4n) is 1.66. The Morgan fingerprint density at radius 3 is 3.11 bits per heavy atom. The zero-order valence-electron chi connectivity index (χ0n) is 10.3. The average molecular weight is 281 g/mol. The fourth-order valence-corrected chi connectivity index (χ4v) is 2.25. The zero-order chi connectivity index (χ0) is 13.5. The first-order valence-corrected chi connectivity index (χ1v) is 6.90. The number of carbonyl (C=O) groups is 2. The van der Waals surface area contributed by atoms with E-state index in [1.165, 1.54) is 17.6 Å². The Bertz CT molecular complexity index is 453. The first-order valence-electron chi connectivity index (χ1n) is 6.02. The number of carbonyl (C=O) groups excluding carboxylic acids is 2. The second-order valence-corrected chi connectivity index (χ2v) is 5.04. The van der Waals surface area contributed by atoms with Gasteiger partial charge in [-0.1, -0.05) is 6.07 Å². The molecule has 2 N–H and O–H groups in total. The SMILES string of the molecule is O=C(NC[C@H]1CCCO1)C(=O)N/N=C\c1cccs1. The van der Waals surface area contributed by atoms with Crippen molar-refractivity contribution in [2.45, 2.75) is 18.9 Å². The topological polar surface area (TPSA) is 79.8 Å². The third-order valence-corrected chi connectivity index (χ3v) is 3.43. The maximum atomic E-state index is 11.4. The highest BCUT2D eigenvalue weighted by molar-refractivity contribution is 7.11. The molecule has 1 saturated heterocycles. The quantitative estimate of drug-likeness (QED) is 0.479.